The number of nitrogens with zero attached hydrogens (tertiary/aromatic N) is 3. The van der Waals surface area contributed by atoms with Gasteiger partial charge in [-0.15, -0.1) is 11.3 Å². The van der Waals surface area contributed by atoms with Crippen molar-refractivity contribution in [2.24, 2.45) is 5.92 Å². The molecule has 0 bridgehead atoms. The molecule has 2 fully saturated rings. The Kier molecular flexibility index (Phi) is 4.68. The second-order valence-corrected chi connectivity index (χ2v) is 8.70. The maximum Gasteiger partial charge on any atom is 0.235 e. The van der Waals surface area contributed by atoms with Gasteiger partial charge in [0.05, 0.1) is 28.9 Å². The van der Waals surface area contributed by atoms with E-state index in [-0.39, 0.29) is 11.9 Å². The highest BCUT2D eigenvalue weighted by Crippen LogP contribution is 2.39. The molecule has 26 heavy (non-hydrogen) atoms. The SMILES string of the molecule is C[C@@](C#N)(NC(=O)CN1CCCC[C@@H]1c1nc2ccccc2s1)C1CC1. The fraction of sp³-hybridized carbons (Fsp3) is 0.550. The summed E-state index contributed by atoms with van der Waals surface area (Å²) in [6.07, 6.45) is 5.36. The Morgan fingerprint density at radius 2 is 2.19 bits per heavy atom. The summed E-state index contributed by atoms with van der Waals surface area (Å²) in [6, 6.07) is 10.7. The average Bonchev–Trinajstić information content (AvgIpc) is 3.42. The van der Waals surface area contributed by atoms with Crippen molar-refractivity contribution in [2.75, 3.05) is 13.1 Å². The van der Waals surface area contributed by atoms with E-state index >= 15 is 0 Å². The van der Waals surface area contributed by atoms with Crippen LogP contribution in [0.5, 0.6) is 0 Å². The van der Waals surface area contributed by atoms with Crippen molar-refractivity contribution in [3.8, 4) is 6.07 Å². The van der Waals surface area contributed by atoms with Gasteiger partial charge in [-0.05, 0) is 57.2 Å². The second-order valence-electron chi connectivity index (χ2n) is 7.64. The van der Waals surface area contributed by atoms with Gasteiger partial charge in [0.15, 0.2) is 0 Å². The molecule has 5 nitrogen and oxygen atoms in total. The fourth-order valence-electron chi connectivity index (χ4n) is 3.89. The van der Waals surface area contributed by atoms with Crippen LogP contribution in [0.3, 0.4) is 0 Å². The number of benzene rings is 1. The summed E-state index contributed by atoms with van der Waals surface area (Å²) in [5, 5.41) is 13.6. The van der Waals surface area contributed by atoms with Crippen LogP contribution in [0.4, 0.5) is 0 Å². The van der Waals surface area contributed by atoms with E-state index < -0.39 is 5.54 Å². The number of carbonyl (C=O) groups is 1. The maximum absolute atomic E-state index is 12.6. The third kappa shape index (κ3) is 3.46. The van der Waals surface area contributed by atoms with Gasteiger partial charge in [0, 0.05) is 0 Å². The highest BCUT2D eigenvalue weighted by Gasteiger charge is 2.43. The Morgan fingerprint density at radius 3 is 2.92 bits per heavy atom. The monoisotopic (exact) mass is 368 g/mol. The first-order valence-corrected chi connectivity index (χ1v) is 10.2. The zero-order valence-electron chi connectivity index (χ0n) is 15.1. The molecule has 1 aromatic carbocycles. The summed E-state index contributed by atoms with van der Waals surface area (Å²) < 4.78 is 1.20. The minimum atomic E-state index is -0.724. The molecule has 0 radical (unpaired) electrons. The van der Waals surface area contributed by atoms with E-state index in [2.05, 4.69) is 22.4 Å². The highest BCUT2D eigenvalue weighted by atomic mass is 32.1. The van der Waals surface area contributed by atoms with Crippen molar-refractivity contribution in [1.29, 1.82) is 5.26 Å². The number of nitriles is 1. The predicted octanol–water partition coefficient (Wildman–Crippen LogP) is 3.63. The van der Waals surface area contributed by atoms with Crippen LogP contribution in [0, 0.1) is 17.2 Å². The average molecular weight is 369 g/mol. The second kappa shape index (κ2) is 6.98. The number of likely N-dealkylation sites (tertiary alicyclic amines) is 1. The van der Waals surface area contributed by atoms with E-state index in [0.717, 1.165) is 49.2 Å². The molecule has 2 heterocycles. The quantitative estimate of drug-likeness (QED) is 0.875. The minimum Gasteiger partial charge on any atom is -0.337 e. The van der Waals surface area contributed by atoms with Crippen LogP contribution in [0.1, 0.15) is 50.1 Å². The number of para-hydroxylation sites is 1. The number of rotatable bonds is 5. The van der Waals surface area contributed by atoms with Crippen LogP contribution in [-0.2, 0) is 4.79 Å². The van der Waals surface area contributed by atoms with Gasteiger partial charge >= 0.3 is 0 Å². The first-order valence-electron chi connectivity index (χ1n) is 9.41. The standard InChI is InChI=1S/C20H24N4OS/c1-20(13-21,14-9-10-14)23-18(25)12-24-11-5-4-7-16(24)19-22-15-6-2-3-8-17(15)26-19/h2-3,6,8,14,16H,4-5,7,9-12H2,1H3,(H,23,25)/t16-,20+/m1/s1. The largest absolute Gasteiger partial charge is 0.337 e. The van der Waals surface area contributed by atoms with E-state index in [1.807, 2.05) is 25.1 Å². The van der Waals surface area contributed by atoms with E-state index in [4.69, 9.17) is 4.98 Å². The number of carbonyl (C=O) groups excluding carboxylic acids is 1. The third-order valence-electron chi connectivity index (χ3n) is 5.58. The predicted molar refractivity (Wildman–Crippen MR) is 103 cm³/mol. The molecule has 2 atom stereocenters. The van der Waals surface area contributed by atoms with Crippen molar-refractivity contribution < 1.29 is 4.79 Å². The topological polar surface area (TPSA) is 69.0 Å². The van der Waals surface area contributed by atoms with Crippen molar-refractivity contribution >= 4 is 27.5 Å². The van der Waals surface area contributed by atoms with Gasteiger partial charge in [0.25, 0.3) is 0 Å². The zero-order chi connectivity index (χ0) is 18.1. The van der Waals surface area contributed by atoms with Gasteiger partial charge in [0.2, 0.25) is 5.91 Å². The van der Waals surface area contributed by atoms with Gasteiger partial charge < -0.3 is 5.32 Å². The molecule has 2 aromatic rings. The molecule has 0 spiro atoms. The third-order valence-corrected chi connectivity index (χ3v) is 6.72. The van der Waals surface area contributed by atoms with Gasteiger partial charge in [0.1, 0.15) is 10.5 Å². The first-order chi connectivity index (χ1) is 12.6. The zero-order valence-corrected chi connectivity index (χ0v) is 15.9. The Labute approximate surface area is 158 Å². The van der Waals surface area contributed by atoms with Crippen molar-refractivity contribution in [3.63, 3.8) is 0 Å². The molecule has 0 unspecified atom stereocenters. The minimum absolute atomic E-state index is 0.0473. The number of thiazole rings is 1. The molecule has 1 N–H and O–H groups in total. The van der Waals surface area contributed by atoms with Crippen LogP contribution in [0.25, 0.3) is 10.2 Å². The number of amides is 1. The molecule has 1 aromatic heterocycles. The van der Waals surface area contributed by atoms with Crippen LogP contribution >= 0.6 is 11.3 Å². The number of hydrogen-bond acceptors (Lipinski definition) is 5. The van der Waals surface area contributed by atoms with E-state index in [0.29, 0.717) is 12.5 Å². The van der Waals surface area contributed by atoms with Crippen LogP contribution in [0.2, 0.25) is 0 Å². The molecule has 1 amide bonds. The van der Waals surface area contributed by atoms with Crippen molar-refractivity contribution in [3.05, 3.63) is 29.3 Å². The normalized spacial score (nSPS) is 23.3. The van der Waals surface area contributed by atoms with E-state index in [1.165, 1.54) is 4.70 Å². The van der Waals surface area contributed by atoms with Crippen molar-refractivity contribution in [1.82, 2.24) is 15.2 Å². The lowest BCUT2D eigenvalue weighted by molar-refractivity contribution is -0.124. The Morgan fingerprint density at radius 1 is 1.38 bits per heavy atom. The smallest absolute Gasteiger partial charge is 0.235 e. The van der Waals surface area contributed by atoms with E-state index in [9.17, 15) is 10.1 Å². The molecule has 1 aliphatic carbocycles. The van der Waals surface area contributed by atoms with Gasteiger partial charge in [-0.3, -0.25) is 9.69 Å². The molecule has 4 rings (SSSR count). The Hall–Kier alpha value is -1.97. The maximum atomic E-state index is 12.6. The van der Waals surface area contributed by atoms with Gasteiger partial charge in [-0.2, -0.15) is 5.26 Å². The summed E-state index contributed by atoms with van der Waals surface area (Å²) in [6.45, 7) is 3.09. The van der Waals surface area contributed by atoms with Crippen LogP contribution in [0.15, 0.2) is 24.3 Å². The lowest BCUT2D eigenvalue weighted by Crippen LogP contribution is -2.51. The van der Waals surface area contributed by atoms with Gasteiger partial charge in [-0.25, -0.2) is 4.98 Å². The van der Waals surface area contributed by atoms with Crippen molar-refractivity contribution in [2.45, 2.75) is 50.6 Å². The molecule has 6 heteroatoms. The molecule has 1 aliphatic heterocycles. The summed E-state index contributed by atoms with van der Waals surface area (Å²) in [5.74, 6) is 0.256. The van der Waals surface area contributed by atoms with E-state index in [1.54, 1.807) is 11.3 Å². The molecular weight excluding hydrogens is 344 g/mol. The van der Waals surface area contributed by atoms with Crippen LogP contribution < -0.4 is 5.32 Å². The van der Waals surface area contributed by atoms with Crippen LogP contribution in [-0.4, -0.2) is 34.4 Å². The molecule has 1 saturated carbocycles. The molecule has 2 aliphatic rings. The fourth-order valence-corrected chi connectivity index (χ4v) is 5.03. The number of nitrogens with one attached hydrogen (secondary N) is 1. The number of hydrogen-bond donors (Lipinski definition) is 1. The summed E-state index contributed by atoms with van der Waals surface area (Å²) >= 11 is 1.73. The molecule has 136 valence electrons. The summed E-state index contributed by atoms with van der Waals surface area (Å²) in [4.78, 5) is 19.7. The lowest BCUT2D eigenvalue weighted by Gasteiger charge is -2.34. The number of fused-ring (bicyclic) bond motifs is 1. The number of piperidine rings is 1. The lowest BCUT2D eigenvalue weighted by atomic mass is 9.97. The summed E-state index contributed by atoms with van der Waals surface area (Å²) in [7, 11) is 0. The highest BCUT2D eigenvalue weighted by molar-refractivity contribution is 7.18. The number of aromatic nitrogens is 1. The molecular formula is C20H24N4OS. The first kappa shape index (κ1) is 17.4. The Bertz CT molecular complexity index is 820. The Balaban J connectivity index is 1.48. The summed E-state index contributed by atoms with van der Waals surface area (Å²) in [5.41, 5.74) is 0.311. The van der Waals surface area contributed by atoms with Gasteiger partial charge in [-0.1, -0.05) is 18.6 Å². The molecule has 1 saturated heterocycles.